The lowest BCUT2D eigenvalue weighted by Gasteiger charge is -2.54. The molecule has 2 aliphatic heterocycles. The first-order valence-corrected chi connectivity index (χ1v) is 36.0. The Labute approximate surface area is 582 Å². The highest BCUT2D eigenvalue weighted by Gasteiger charge is 2.57. The summed E-state index contributed by atoms with van der Waals surface area (Å²) in [4.78, 5) is 7.08. The fourth-order valence-corrected chi connectivity index (χ4v) is 24.7. The van der Waals surface area contributed by atoms with E-state index in [0.29, 0.717) is 22.4 Å². The Bertz CT molecular complexity index is 5670. The van der Waals surface area contributed by atoms with Crippen LogP contribution in [0.4, 0.5) is 51.2 Å². The summed E-state index contributed by atoms with van der Waals surface area (Å²) < 4.78 is 100. The van der Waals surface area contributed by atoms with Crippen molar-refractivity contribution in [3.05, 3.63) is 265 Å². The van der Waals surface area contributed by atoms with E-state index >= 15 is 0 Å². The Balaban J connectivity index is 1.13. The van der Waals surface area contributed by atoms with Crippen LogP contribution in [0.5, 0.6) is 0 Å². The quantitative estimate of drug-likeness (QED) is 0.134. The van der Waals surface area contributed by atoms with Gasteiger partial charge < -0.3 is 19.1 Å². The van der Waals surface area contributed by atoms with E-state index in [-0.39, 0.29) is 61.6 Å². The van der Waals surface area contributed by atoms with Gasteiger partial charge in [-0.05, 0) is 155 Å². The highest BCUT2D eigenvalue weighted by molar-refractivity contribution is 7.33. The molecule has 0 saturated heterocycles. The summed E-state index contributed by atoms with van der Waals surface area (Å²) in [6.45, 7) is 34.2. The number of fused-ring (bicyclic) bond motifs is 9. The van der Waals surface area contributed by atoms with Crippen LogP contribution in [0, 0.1) is 0 Å². The molecule has 2 aliphatic rings. The minimum Gasteiger partial charge on any atom is -0.454 e. The summed E-state index contributed by atoms with van der Waals surface area (Å²) in [5.41, 5.74) is 15.4. The highest BCUT2D eigenvalue weighted by Crippen LogP contribution is 2.55. The van der Waals surface area contributed by atoms with E-state index in [0.717, 1.165) is 93.2 Å². The van der Waals surface area contributed by atoms with Gasteiger partial charge >= 0.3 is 0 Å². The van der Waals surface area contributed by atoms with Gasteiger partial charge in [0.1, 0.15) is 13.7 Å². The molecule has 0 atom stereocenters. The molecule has 0 N–H and O–H groups in total. The average Bonchev–Trinajstić information content (AvgIpc) is 1.67. The first-order valence-electron chi connectivity index (χ1n) is 38.2. The smallest absolute Gasteiger partial charge is 0.264 e. The van der Waals surface area contributed by atoms with Gasteiger partial charge in [-0.2, -0.15) is 0 Å². The molecular weight excluding hydrogens is 1190 g/mol. The number of nitrogens with zero attached hydrogens (tertiary/aromatic N) is 3. The number of thiophene rings is 1. The maximum absolute atomic E-state index is 9.49. The number of furan rings is 1. The van der Waals surface area contributed by atoms with Crippen molar-refractivity contribution in [2.75, 3.05) is 14.7 Å². The maximum atomic E-state index is 9.49. The third-order valence-electron chi connectivity index (χ3n) is 20.1. The molecule has 95 heavy (non-hydrogen) atoms. The van der Waals surface area contributed by atoms with Crippen LogP contribution in [0.2, 0.25) is 10.1 Å². The van der Waals surface area contributed by atoms with Crippen LogP contribution in [0.15, 0.2) is 253 Å². The molecule has 0 fully saturated rings. The van der Waals surface area contributed by atoms with Gasteiger partial charge in [-0.3, -0.25) is 0 Å². The van der Waals surface area contributed by atoms with Crippen molar-refractivity contribution >= 4 is 135 Å². The van der Waals surface area contributed by atoms with Crippen molar-refractivity contribution in [3.63, 3.8) is 0 Å². The molecule has 0 amide bonds. The van der Waals surface area contributed by atoms with Crippen molar-refractivity contribution in [1.29, 1.82) is 0 Å². The molecule has 0 radical (unpaired) electrons. The van der Waals surface area contributed by atoms with Crippen LogP contribution >= 0.6 is 11.3 Å². The largest absolute Gasteiger partial charge is 0.454 e. The van der Waals surface area contributed by atoms with E-state index in [1.165, 1.54) is 21.5 Å². The minimum atomic E-state index is -3.25. The van der Waals surface area contributed by atoms with E-state index in [9.17, 15) is 5.48 Å². The molecule has 11 aromatic carbocycles. The number of para-hydroxylation sites is 3. The van der Waals surface area contributed by atoms with E-state index < -0.39 is 51.0 Å². The van der Waals surface area contributed by atoms with Crippen LogP contribution in [-0.2, 0) is 16.2 Å². The van der Waals surface area contributed by atoms with Gasteiger partial charge in [-0.1, -0.05) is 279 Å². The van der Waals surface area contributed by atoms with Crippen LogP contribution in [0.25, 0.3) is 54.3 Å². The molecule has 0 bridgehead atoms. The van der Waals surface area contributed by atoms with Gasteiger partial charge in [-0.15, -0.1) is 11.3 Å². The lowest BCUT2D eigenvalue weighted by Crippen LogP contribution is -2.70. The van der Waals surface area contributed by atoms with Gasteiger partial charge in [0, 0.05) is 65.3 Å². The first kappa shape index (κ1) is 51.2. The van der Waals surface area contributed by atoms with Crippen molar-refractivity contribution < 1.29 is 18.1 Å². The van der Waals surface area contributed by atoms with Crippen LogP contribution in [0.1, 0.15) is 134 Å². The SMILES string of the molecule is [2H]c1c([2H])c([2H])c(-c2ccc3sc4c(c3c2)N(c2ccc(C(C)(C)C)cc2)c2cc([Si](c3ccc(C(C)(C)C)cc3)(C(C)(C)C)C(C)(C)C)cc3c2B4c2ccc(N(c4ccc(C(C)(C)C)cc4)c4ccccc4-c4c([2H])c([2H])c([2H])c([2H])c4[2H])cc2N3c2cccc3c2oc2ccccc23)c([2H])c1[2H]. The lowest BCUT2D eigenvalue weighted by atomic mass is 9.36. The highest BCUT2D eigenvalue weighted by atomic mass is 32.1. The Morgan fingerprint density at radius 2 is 1.00 bits per heavy atom. The summed E-state index contributed by atoms with van der Waals surface area (Å²) in [6, 6.07) is 63.4. The fourth-order valence-electron chi connectivity index (χ4n) is 16.0. The standard InChI is InChI=1S/C88H86BN3OSSi/c1-84(2,3)60-38-44-63(45-39-60)90(73-34-24-22-31-68(73)58-29-20-17-21-30-58)65-48-51-72-75(54-65)92(74-35-26-33-70-69-32-23-25-36-78(69)93-82(70)74)77-56-67(95(87(10,11)12,88(13,14)15)66-49-42-62(43-50-66)86(7,8)9)55-76-80(77)89(72)83-81(91(76)64-46-40-61(41-47-64)85(4,5)6)71-53-59(37-52-79(71)94-83)57-27-18-16-19-28-57/h16-56H,1-15H3/i16D,17D,18D,19D,20D,21D,27D,28D,29D,30D. The Morgan fingerprint density at radius 3 is 1.63 bits per heavy atom. The fraction of sp³-hybridized carbons (Fsp3) is 0.227. The molecule has 2 aromatic heterocycles. The second-order valence-electron chi connectivity index (χ2n) is 31.1. The Kier molecular flexibility index (Phi) is 12.1. The van der Waals surface area contributed by atoms with Crippen molar-refractivity contribution in [3.8, 4) is 22.3 Å². The number of hydrogen-bond acceptors (Lipinski definition) is 5. The van der Waals surface area contributed by atoms with E-state index in [2.05, 4.69) is 258 Å². The lowest BCUT2D eigenvalue weighted by molar-refractivity contribution is 0.590. The van der Waals surface area contributed by atoms with Crippen molar-refractivity contribution in [1.82, 2.24) is 0 Å². The van der Waals surface area contributed by atoms with Gasteiger partial charge in [0.25, 0.3) is 6.71 Å². The predicted octanol–water partition coefficient (Wildman–Crippen LogP) is 22.7. The maximum Gasteiger partial charge on any atom is 0.264 e. The van der Waals surface area contributed by atoms with E-state index in [1.54, 1.807) is 11.3 Å². The summed E-state index contributed by atoms with van der Waals surface area (Å²) in [5.74, 6) is 0. The molecule has 0 spiro atoms. The van der Waals surface area contributed by atoms with E-state index in [1.807, 2.05) is 48.5 Å². The van der Waals surface area contributed by atoms with Crippen LogP contribution in [-0.4, -0.2) is 14.8 Å². The Hall–Kier alpha value is -9.14. The zero-order valence-electron chi connectivity index (χ0n) is 67.1. The van der Waals surface area contributed by atoms with Gasteiger partial charge in [0.2, 0.25) is 0 Å². The van der Waals surface area contributed by atoms with E-state index in [4.69, 9.17) is 12.6 Å². The summed E-state index contributed by atoms with van der Waals surface area (Å²) in [7, 11) is -3.25. The number of benzene rings is 11. The third kappa shape index (κ3) is 10.2. The van der Waals surface area contributed by atoms with Gasteiger partial charge in [0.05, 0.1) is 30.8 Å². The topological polar surface area (TPSA) is 22.9 Å². The van der Waals surface area contributed by atoms with Crippen molar-refractivity contribution in [2.45, 2.75) is 130 Å². The Morgan fingerprint density at radius 1 is 0.442 bits per heavy atom. The number of hydrogen-bond donors (Lipinski definition) is 0. The van der Waals surface area contributed by atoms with Crippen LogP contribution in [0.3, 0.4) is 0 Å². The summed E-state index contributed by atoms with van der Waals surface area (Å²) in [6.07, 6.45) is 0. The molecule has 0 saturated carbocycles. The van der Waals surface area contributed by atoms with Gasteiger partial charge in [0.15, 0.2) is 5.58 Å². The summed E-state index contributed by atoms with van der Waals surface area (Å²) >= 11 is 1.71. The zero-order valence-corrected chi connectivity index (χ0v) is 58.9. The first-order chi connectivity index (χ1) is 49.4. The molecule has 472 valence electrons. The second kappa shape index (κ2) is 22.5. The number of anilines is 9. The average molecular weight is 1280 g/mol. The second-order valence-corrected chi connectivity index (χ2v) is 37.8. The predicted molar refractivity (Wildman–Crippen MR) is 416 cm³/mol. The molecule has 0 aliphatic carbocycles. The summed E-state index contributed by atoms with van der Waals surface area (Å²) in [5, 5.41) is 4.63. The molecule has 15 rings (SSSR count). The normalized spacial score (nSPS) is 15.0. The molecule has 4 nitrogen and oxygen atoms in total. The third-order valence-corrected chi connectivity index (χ3v) is 28.2. The molecule has 7 heteroatoms. The van der Waals surface area contributed by atoms with Gasteiger partial charge in [-0.25, -0.2) is 0 Å². The number of rotatable bonds is 9. The monoisotopic (exact) mass is 1280 g/mol. The molecule has 4 heterocycles. The van der Waals surface area contributed by atoms with Crippen LogP contribution < -0.4 is 40.8 Å². The molecular formula is C88H86BN3OSSi. The molecule has 13 aromatic rings. The minimum absolute atomic E-state index is 0.0864. The van der Waals surface area contributed by atoms with Crippen molar-refractivity contribution in [2.24, 2.45) is 0 Å². The zero-order chi connectivity index (χ0) is 75.0. The molecule has 0 unspecified atom stereocenters.